The van der Waals surface area contributed by atoms with E-state index in [4.69, 9.17) is 0 Å². The minimum Gasteiger partial charge on any atom is -0.325 e. The Labute approximate surface area is 170 Å². The fraction of sp³-hybridized carbons (Fsp3) is 0.200. The number of urea groups is 1. The fourth-order valence-electron chi connectivity index (χ4n) is 3.05. The summed E-state index contributed by atoms with van der Waals surface area (Å²) in [6.45, 7) is 2.59. The first-order valence-electron chi connectivity index (χ1n) is 8.52. The van der Waals surface area contributed by atoms with E-state index in [1.54, 1.807) is 49.4 Å². The molecule has 144 valence electrons. The molecule has 2 N–H and O–H groups in total. The summed E-state index contributed by atoms with van der Waals surface area (Å²) in [5.74, 6) is -1.19. The van der Waals surface area contributed by atoms with Gasteiger partial charge in [-0.25, -0.2) is 4.79 Å². The van der Waals surface area contributed by atoms with E-state index in [1.807, 2.05) is 0 Å². The van der Waals surface area contributed by atoms with Gasteiger partial charge in [0.25, 0.3) is 5.91 Å². The predicted octanol–water partition coefficient (Wildman–Crippen LogP) is 3.06. The minimum absolute atomic E-state index is 0.130. The zero-order valence-electron chi connectivity index (χ0n) is 15.3. The number of nitrogens with zero attached hydrogens (tertiary/aromatic N) is 1. The van der Waals surface area contributed by atoms with Crippen LogP contribution < -0.4 is 10.6 Å². The highest BCUT2D eigenvalue weighted by molar-refractivity contribution is 9.10. The summed E-state index contributed by atoms with van der Waals surface area (Å²) in [5, 5.41) is 5.27. The fourth-order valence-corrected chi connectivity index (χ4v) is 3.73. The molecule has 1 saturated heterocycles. The number of nitrogens with one attached hydrogen (secondary N) is 2. The Morgan fingerprint density at radius 2 is 1.86 bits per heavy atom. The van der Waals surface area contributed by atoms with Crippen LogP contribution in [0.15, 0.2) is 53.0 Å². The lowest BCUT2D eigenvalue weighted by atomic mass is 9.92. The topological polar surface area (TPSA) is 95.6 Å². The van der Waals surface area contributed by atoms with E-state index in [0.29, 0.717) is 21.3 Å². The molecule has 0 aliphatic carbocycles. The lowest BCUT2D eigenvalue weighted by molar-refractivity contribution is -0.133. The average molecular weight is 444 g/mol. The number of carbonyl (C=O) groups is 4. The van der Waals surface area contributed by atoms with Gasteiger partial charge in [0.05, 0.1) is 0 Å². The van der Waals surface area contributed by atoms with E-state index in [0.717, 1.165) is 4.90 Å². The molecule has 2 aromatic carbocycles. The number of imide groups is 1. The molecule has 0 bridgehead atoms. The number of rotatable bonds is 5. The van der Waals surface area contributed by atoms with E-state index < -0.39 is 29.9 Å². The Bertz CT molecular complexity index is 991. The van der Waals surface area contributed by atoms with Crippen LogP contribution in [0.2, 0.25) is 0 Å². The third kappa shape index (κ3) is 3.68. The highest BCUT2D eigenvalue weighted by Gasteiger charge is 2.50. The van der Waals surface area contributed by atoms with Gasteiger partial charge in [-0.3, -0.25) is 19.3 Å². The third-order valence-electron chi connectivity index (χ3n) is 4.54. The van der Waals surface area contributed by atoms with E-state index in [9.17, 15) is 19.2 Å². The lowest BCUT2D eigenvalue weighted by Crippen LogP contribution is -2.42. The predicted molar refractivity (Wildman–Crippen MR) is 107 cm³/mol. The Morgan fingerprint density at radius 3 is 2.54 bits per heavy atom. The Kier molecular flexibility index (Phi) is 5.33. The molecule has 1 aliphatic heterocycles. The van der Waals surface area contributed by atoms with Crippen LogP contribution in [-0.4, -0.2) is 35.1 Å². The van der Waals surface area contributed by atoms with Gasteiger partial charge in [-0.05, 0) is 32.0 Å². The number of hydrogen-bond donors (Lipinski definition) is 2. The molecule has 1 fully saturated rings. The highest BCUT2D eigenvalue weighted by Crippen LogP contribution is 2.33. The van der Waals surface area contributed by atoms with Crippen LogP contribution in [0.4, 0.5) is 10.5 Å². The first kappa shape index (κ1) is 19.8. The van der Waals surface area contributed by atoms with Crippen LogP contribution in [0, 0.1) is 0 Å². The normalized spacial score (nSPS) is 18.8. The van der Waals surface area contributed by atoms with Gasteiger partial charge < -0.3 is 10.6 Å². The zero-order valence-corrected chi connectivity index (χ0v) is 16.9. The summed E-state index contributed by atoms with van der Waals surface area (Å²) in [4.78, 5) is 50.0. The smallest absolute Gasteiger partial charge is 0.325 e. The quantitative estimate of drug-likeness (QED) is 0.548. The number of benzene rings is 2. The average Bonchev–Trinajstić information content (AvgIpc) is 2.86. The van der Waals surface area contributed by atoms with Crippen LogP contribution >= 0.6 is 15.9 Å². The molecule has 0 unspecified atom stereocenters. The van der Waals surface area contributed by atoms with Gasteiger partial charge in [0.2, 0.25) is 5.91 Å². The van der Waals surface area contributed by atoms with Gasteiger partial charge >= 0.3 is 6.03 Å². The summed E-state index contributed by atoms with van der Waals surface area (Å²) in [6, 6.07) is 12.9. The molecule has 0 radical (unpaired) electrons. The highest BCUT2D eigenvalue weighted by atomic mass is 79.9. The number of hydrogen-bond acceptors (Lipinski definition) is 4. The van der Waals surface area contributed by atoms with E-state index in [2.05, 4.69) is 26.6 Å². The van der Waals surface area contributed by atoms with Gasteiger partial charge in [0.15, 0.2) is 5.78 Å². The van der Waals surface area contributed by atoms with Crippen LogP contribution in [0.25, 0.3) is 0 Å². The van der Waals surface area contributed by atoms with Crippen molar-refractivity contribution in [3.8, 4) is 0 Å². The summed E-state index contributed by atoms with van der Waals surface area (Å²) < 4.78 is 0.679. The molecule has 8 heteroatoms. The van der Waals surface area contributed by atoms with Crippen molar-refractivity contribution >= 4 is 45.2 Å². The van der Waals surface area contributed by atoms with E-state index in [-0.39, 0.29) is 5.78 Å². The maximum Gasteiger partial charge on any atom is 0.325 e. The number of ketones is 1. The summed E-state index contributed by atoms with van der Waals surface area (Å²) in [6.07, 6.45) is 0. The largest absolute Gasteiger partial charge is 0.325 e. The monoisotopic (exact) mass is 443 g/mol. The van der Waals surface area contributed by atoms with Crippen LogP contribution in [0.3, 0.4) is 0 Å². The number of halogens is 1. The molecule has 2 aromatic rings. The lowest BCUT2D eigenvalue weighted by Gasteiger charge is -2.23. The minimum atomic E-state index is -1.27. The van der Waals surface area contributed by atoms with Crippen LogP contribution in [0.5, 0.6) is 0 Å². The van der Waals surface area contributed by atoms with Gasteiger partial charge in [-0.15, -0.1) is 0 Å². The number of carbonyl (C=O) groups excluding carboxylic acids is 4. The maximum absolute atomic E-state index is 12.9. The van der Waals surface area contributed by atoms with Crippen molar-refractivity contribution in [3.63, 3.8) is 0 Å². The second-order valence-electron chi connectivity index (χ2n) is 6.61. The van der Waals surface area contributed by atoms with Gasteiger partial charge in [-0.2, -0.15) is 0 Å². The van der Waals surface area contributed by atoms with Gasteiger partial charge in [0, 0.05) is 21.3 Å². The van der Waals surface area contributed by atoms with Crippen LogP contribution in [-0.2, 0) is 15.1 Å². The molecule has 7 nitrogen and oxygen atoms in total. The van der Waals surface area contributed by atoms with E-state index in [1.165, 1.54) is 13.0 Å². The van der Waals surface area contributed by atoms with Crippen molar-refractivity contribution in [1.82, 2.24) is 10.2 Å². The Balaban J connectivity index is 1.76. The molecule has 1 aliphatic rings. The molecule has 0 saturated carbocycles. The van der Waals surface area contributed by atoms with Gasteiger partial charge in [-0.1, -0.05) is 46.3 Å². The van der Waals surface area contributed by atoms with E-state index >= 15 is 0 Å². The standard InChI is InChI=1S/C20H18BrN3O4/c1-12(25)13-6-5-7-14(10-13)22-17(26)11-24-18(27)20(2,23-19(24)28)15-8-3-4-9-16(15)21/h3-10H,11H2,1-2H3,(H,22,26)(H,23,28)/t20-/m1/s1. The van der Waals surface area contributed by atoms with Gasteiger partial charge in [0.1, 0.15) is 12.1 Å². The molecular formula is C20H18BrN3O4. The number of anilines is 1. The molecule has 28 heavy (non-hydrogen) atoms. The maximum atomic E-state index is 12.9. The number of amides is 4. The van der Waals surface area contributed by atoms with Crippen molar-refractivity contribution in [2.75, 3.05) is 11.9 Å². The second-order valence-corrected chi connectivity index (χ2v) is 7.47. The second kappa shape index (κ2) is 7.55. The molecule has 0 spiro atoms. The first-order chi connectivity index (χ1) is 13.2. The Hall–Kier alpha value is -3.00. The molecule has 0 aromatic heterocycles. The molecule has 4 amide bonds. The third-order valence-corrected chi connectivity index (χ3v) is 5.23. The summed E-state index contributed by atoms with van der Waals surface area (Å²) in [7, 11) is 0. The Morgan fingerprint density at radius 1 is 1.14 bits per heavy atom. The SMILES string of the molecule is CC(=O)c1cccc(NC(=O)CN2C(=O)N[C@](C)(c3ccccc3Br)C2=O)c1. The first-order valence-corrected chi connectivity index (χ1v) is 9.31. The molecule has 1 atom stereocenters. The van der Waals surface area contributed by atoms with Crippen molar-refractivity contribution in [2.45, 2.75) is 19.4 Å². The zero-order chi connectivity index (χ0) is 20.5. The summed E-state index contributed by atoms with van der Waals surface area (Å²) >= 11 is 3.39. The van der Waals surface area contributed by atoms with Crippen molar-refractivity contribution in [1.29, 1.82) is 0 Å². The number of Topliss-reactive ketones (excluding diaryl/α,β-unsaturated/α-hetero) is 1. The van der Waals surface area contributed by atoms with Crippen molar-refractivity contribution < 1.29 is 19.2 Å². The summed E-state index contributed by atoms with van der Waals surface area (Å²) in [5.41, 5.74) is 0.199. The molecular weight excluding hydrogens is 426 g/mol. The van der Waals surface area contributed by atoms with Crippen LogP contribution in [0.1, 0.15) is 29.8 Å². The molecule has 1 heterocycles. The molecule has 3 rings (SSSR count). The van der Waals surface area contributed by atoms with Crippen molar-refractivity contribution in [2.24, 2.45) is 0 Å². The van der Waals surface area contributed by atoms with Crippen molar-refractivity contribution in [3.05, 3.63) is 64.1 Å².